The second kappa shape index (κ2) is 10.7. The molecule has 146 valence electrons. The van der Waals surface area contributed by atoms with Gasteiger partial charge in [0.1, 0.15) is 6.10 Å². The molecule has 9 heteroatoms. The van der Waals surface area contributed by atoms with Crippen molar-refractivity contribution >= 4 is 5.95 Å². The highest BCUT2D eigenvalue weighted by Crippen LogP contribution is 2.13. The Labute approximate surface area is 153 Å². The van der Waals surface area contributed by atoms with E-state index >= 15 is 0 Å². The summed E-state index contributed by atoms with van der Waals surface area (Å²) < 4.78 is 27.8. The Morgan fingerprint density at radius 2 is 1.92 bits per heavy atom. The number of anilines is 1. The number of hydrogen-bond donors (Lipinski definition) is 1. The van der Waals surface area contributed by atoms with Gasteiger partial charge in [-0.05, 0) is 6.07 Å². The van der Waals surface area contributed by atoms with Crippen molar-refractivity contribution < 1.29 is 28.8 Å². The smallest absolute Gasteiger partial charge is 0.225 e. The van der Waals surface area contributed by atoms with Crippen molar-refractivity contribution in [3.63, 3.8) is 0 Å². The van der Waals surface area contributed by atoms with Gasteiger partial charge in [-0.3, -0.25) is 0 Å². The Kier molecular flexibility index (Phi) is 7.99. The van der Waals surface area contributed by atoms with Crippen molar-refractivity contribution in [2.45, 2.75) is 18.8 Å². The molecule has 1 unspecified atom stereocenters. The lowest BCUT2D eigenvalue weighted by atomic mass is 10.3. The van der Waals surface area contributed by atoms with E-state index in [9.17, 15) is 5.11 Å². The number of rotatable bonds is 9. The van der Waals surface area contributed by atoms with E-state index < -0.39 is 0 Å². The number of nitrogens with zero attached hydrogens (tertiary/aromatic N) is 3. The summed E-state index contributed by atoms with van der Waals surface area (Å²) in [6, 6.07) is 1.70. The van der Waals surface area contributed by atoms with Crippen LogP contribution in [0, 0.1) is 0 Å². The van der Waals surface area contributed by atoms with Crippen LogP contribution < -0.4 is 4.90 Å². The first-order chi connectivity index (χ1) is 12.8. The monoisotopic (exact) mass is 369 g/mol. The molecule has 3 rings (SSSR count). The Hall–Kier alpha value is -1.36. The summed E-state index contributed by atoms with van der Waals surface area (Å²) in [4.78, 5) is 10.7. The topological polar surface area (TPSA) is 95.4 Å². The highest BCUT2D eigenvalue weighted by Gasteiger charge is 2.22. The van der Waals surface area contributed by atoms with Crippen LogP contribution in [-0.2, 0) is 30.3 Å². The SMILES string of the molecule is OCc1ccnc(N2CCO[C@H](COCCOCC3COCCO3)C2)n1. The largest absolute Gasteiger partial charge is 0.390 e. The maximum absolute atomic E-state index is 9.20. The Balaban J connectivity index is 1.31. The summed E-state index contributed by atoms with van der Waals surface area (Å²) in [5, 5.41) is 9.20. The Morgan fingerprint density at radius 3 is 2.69 bits per heavy atom. The average Bonchev–Trinajstić information content (AvgIpc) is 2.71. The predicted octanol–water partition coefficient (Wildman–Crippen LogP) is -0.377. The van der Waals surface area contributed by atoms with Crippen LogP contribution in [0.25, 0.3) is 0 Å². The summed E-state index contributed by atoms with van der Waals surface area (Å²) in [6.45, 7) is 5.78. The van der Waals surface area contributed by atoms with Gasteiger partial charge in [0.15, 0.2) is 0 Å². The van der Waals surface area contributed by atoms with Crippen molar-refractivity contribution in [2.24, 2.45) is 0 Å². The van der Waals surface area contributed by atoms with E-state index in [2.05, 4.69) is 9.97 Å². The molecule has 26 heavy (non-hydrogen) atoms. The van der Waals surface area contributed by atoms with Gasteiger partial charge in [0, 0.05) is 19.3 Å². The molecule has 0 spiro atoms. The molecule has 0 amide bonds. The van der Waals surface area contributed by atoms with E-state index in [4.69, 9.17) is 23.7 Å². The predicted molar refractivity (Wildman–Crippen MR) is 92.1 cm³/mol. The Bertz CT molecular complexity index is 529. The lowest BCUT2D eigenvalue weighted by Crippen LogP contribution is -2.45. The highest BCUT2D eigenvalue weighted by atomic mass is 16.6. The van der Waals surface area contributed by atoms with Crippen molar-refractivity contribution in [3.8, 4) is 0 Å². The lowest BCUT2D eigenvalue weighted by molar-refractivity contribution is -0.119. The van der Waals surface area contributed by atoms with Gasteiger partial charge in [-0.15, -0.1) is 0 Å². The van der Waals surface area contributed by atoms with Gasteiger partial charge in [0.05, 0.1) is 71.3 Å². The zero-order valence-electron chi connectivity index (χ0n) is 14.9. The second-order valence-corrected chi connectivity index (χ2v) is 6.16. The zero-order chi connectivity index (χ0) is 18.0. The first-order valence-electron chi connectivity index (χ1n) is 8.99. The van der Waals surface area contributed by atoms with E-state index in [1.54, 1.807) is 12.3 Å². The molecule has 0 saturated carbocycles. The first-order valence-corrected chi connectivity index (χ1v) is 8.99. The van der Waals surface area contributed by atoms with E-state index in [1.165, 1.54) is 0 Å². The number of morpholine rings is 1. The summed E-state index contributed by atoms with van der Waals surface area (Å²) in [6.07, 6.45) is 1.64. The molecule has 2 fully saturated rings. The third-order valence-electron chi connectivity index (χ3n) is 4.15. The molecule has 0 bridgehead atoms. The normalized spacial score (nSPS) is 24.0. The lowest BCUT2D eigenvalue weighted by Gasteiger charge is -2.32. The van der Waals surface area contributed by atoms with Gasteiger partial charge in [-0.25, -0.2) is 9.97 Å². The standard InChI is InChI=1S/C17H27N3O6/c21-10-14-1-2-18-17(19-14)20-3-4-25-15(9-20)11-22-5-6-23-12-16-13-24-7-8-26-16/h1-2,15-16,21H,3-13H2/t15-,16?/m0/s1. The van der Waals surface area contributed by atoms with Crippen LogP contribution in [-0.4, -0.2) is 93.2 Å². The first kappa shape index (κ1) is 19.4. The molecule has 2 atom stereocenters. The van der Waals surface area contributed by atoms with Crippen LogP contribution in [0.1, 0.15) is 5.69 Å². The molecule has 2 aliphatic heterocycles. The van der Waals surface area contributed by atoms with E-state index in [-0.39, 0.29) is 18.8 Å². The molecular formula is C17H27N3O6. The third-order valence-corrected chi connectivity index (χ3v) is 4.15. The van der Waals surface area contributed by atoms with Gasteiger partial charge in [0.25, 0.3) is 0 Å². The molecule has 1 N–H and O–H groups in total. The maximum Gasteiger partial charge on any atom is 0.225 e. The molecule has 2 aliphatic rings. The fraction of sp³-hybridized carbons (Fsp3) is 0.765. The van der Waals surface area contributed by atoms with Gasteiger partial charge < -0.3 is 33.7 Å². The van der Waals surface area contributed by atoms with Crippen molar-refractivity contribution in [1.82, 2.24) is 9.97 Å². The van der Waals surface area contributed by atoms with E-state index in [0.717, 1.165) is 6.54 Å². The number of hydrogen-bond acceptors (Lipinski definition) is 9. The molecule has 1 aromatic heterocycles. The number of aliphatic hydroxyl groups excluding tert-OH is 1. The van der Waals surface area contributed by atoms with Crippen LogP contribution in [0.15, 0.2) is 12.3 Å². The molecule has 1 aromatic rings. The minimum absolute atomic E-state index is 0.0219. The molecule has 0 aliphatic carbocycles. The van der Waals surface area contributed by atoms with Crippen molar-refractivity contribution in [3.05, 3.63) is 18.0 Å². The maximum atomic E-state index is 9.20. The minimum atomic E-state index is -0.0928. The summed E-state index contributed by atoms with van der Waals surface area (Å²) >= 11 is 0. The fourth-order valence-corrected chi connectivity index (χ4v) is 2.81. The van der Waals surface area contributed by atoms with Gasteiger partial charge in [-0.1, -0.05) is 0 Å². The summed E-state index contributed by atoms with van der Waals surface area (Å²) in [7, 11) is 0. The van der Waals surface area contributed by atoms with Crippen molar-refractivity contribution in [2.75, 3.05) is 70.8 Å². The van der Waals surface area contributed by atoms with Crippen LogP contribution in [0.4, 0.5) is 5.95 Å². The minimum Gasteiger partial charge on any atom is -0.390 e. The van der Waals surface area contributed by atoms with Crippen LogP contribution in [0.2, 0.25) is 0 Å². The van der Waals surface area contributed by atoms with E-state index in [1.807, 2.05) is 4.90 Å². The molecule has 9 nitrogen and oxygen atoms in total. The summed E-state index contributed by atoms with van der Waals surface area (Å²) in [5.41, 5.74) is 0.610. The van der Waals surface area contributed by atoms with Crippen LogP contribution in [0.5, 0.6) is 0 Å². The average molecular weight is 369 g/mol. The molecule has 0 aromatic carbocycles. The van der Waals surface area contributed by atoms with Gasteiger partial charge in [-0.2, -0.15) is 0 Å². The molecule has 0 radical (unpaired) electrons. The molecule has 3 heterocycles. The number of aromatic nitrogens is 2. The number of ether oxygens (including phenoxy) is 5. The number of aliphatic hydroxyl groups is 1. The van der Waals surface area contributed by atoms with Gasteiger partial charge >= 0.3 is 0 Å². The van der Waals surface area contributed by atoms with Crippen molar-refractivity contribution in [1.29, 1.82) is 0 Å². The van der Waals surface area contributed by atoms with Crippen LogP contribution in [0.3, 0.4) is 0 Å². The second-order valence-electron chi connectivity index (χ2n) is 6.16. The van der Waals surface area contributed by atoms with Crippen LogP contribution >= 0.6 is 0 Å². The third kappa shape index (κ3) is 6.11. The zero-order valence-corrected chi connectivity index (χ0v) is 14.9. The summed E-state index contributed by atoms with van der Waals surface area (Å²) in [5.74, 6) is 0.614. The molecular weight excluding hydrogens is 342 g/mol. The molecule has 2 saturated heterocycles. The highest BCUT2D eigenvalue weighted by molar-refractivity contribution is 5.31. The van der Waals surface area contributed by atoms with Gasteiger partial charge in [0.2, 0.25) is 5.95 Å². The quantitative estimate of drug-likeness (QED) is 0.585. The fourth-order valence-electron chi connectivity index (χ4n) is 2.81. The van der Waals surface area contributed by atoms with E-state index in [0.29, 0.717) is 71.0 Å². The Morgan fingerprint density at radius 1 is 1.12 bits per heavy atom.